The molecular weight excluding hydrogens is 1060 g/mol. The van der Waals surface area contributed by atoms with Crippen molar-refractivity contribution in [1.82, 2.24) is 0 Å². The van der Waals surface area contributed by atoms with Crippen molar-refractivity contribution in [3.05, 3.63) is 60.8 Å². The van der Waals surface area contributed by atoms with Gasteiger partial charge in [0.15, 0.2) is 6.10 Å². The van der Waals surface area contributed by atoms with Crippen molar-refractivity contribution >= 4 is 19.8 Å². The highest BCUT2D eigenvalue weighted by molar-refractivity contribution is 7.45. The standard InChI is InChI=1S/C74H138NO8P/c1-6-8-10-12-14-16-18-20-22-24-26-28-29-30-31-32-33-34-35-36-37-38-39-40-41-42-43-44-45-47-48-50-52-54-56-58-60-62-64-66-73(76)80-70-72(71-82-84(78,79)81-69-68-75(3,4)5)83-74(77)67-65-63-61-59-57-55-53-51-49-46-27-25-23-21-19-17-15-13-11-9-7-2/h18-21,24-27,49,51,72H,6-17,22-23,28-48,50,52-71H2,1-5H3/b20-18-,21-19-,26-24-,27-25-,51-49-. The second-order valence-corrected chi connectivity index (χ2v) is 27.0. The number of nitrogens with zero attached hydrogens (tertiary/aromatic N) is 1. The number of hydrogen-bond donors (Lipinski definition) is 0. The quantitative estimate of drug-likeness (QED) is 0.0195. The second-order valence-electron chi connectivity index (χ2n) is 25.6. The first-order valence-electron chi connectivity index (χ1n) is 36.0. The summed E-state index contributed by atoms with van der Waals surface area (Å²) in [6.45, 7) is 4.25. The Bertz CT molecular complexity index is 1600. The van der Waals surface area contributed by atoms with Crippen LogP contribution in [0.25, 0.3) is 0 Å². The highest BCUT2D eigenvalue weighted by Crippen LogP contribution is 2.38. The van der Waals surface area contributed by atoms with Gasteiger partial charge in [0.1, 0.15) is 19.8 Å². The number of rotatable bonds is 67. The van der Waals surface area contributed by atoms with Gasteiger partial charge in [-0.05, 0) is 83.5 Å². The van der Waals surface area contributed by atoms with Gasteiger partial charge in [0.25, 0.3) is 7.82 Å². The van der Waals surface area contributed by atoms with Gasteiger partial charge in [0, 0.05) is 12.8 Å². The van der Waals surface area contributed by atoms with Crippen LogP contribution in [0.1, 0.15) is 348 Å². The first kappa shape index (κ1) is 81.7. The Morgan fingerprint density at radius 3 is 0.952 bits per heavy atom. The zero-order valence-corrected chi connectivity index (χ0v) is 57.0. The molecule has 492 valence electrons. The summed E-state index contributed by atoms with van der Waals surface area (Å²) in [6, 6.07) is 0. The molecule has 2 unspecified atom stereocenters. The van der Waals surface area contributed by atoms with Crippen LogP contribution >= 0.6 is 7.82 Å². The summed E-state index contributed by atoms with van der Waals surface area (Å²) in [4.78, 5) is 38.0. The normalized spacial score (nSPS) is 13.5. The molecule has 0 bridgehead atoms. The van der Waals surface area contributed by atoms with E-state index in [1.54, 1.807) is 0 Å². The average Bonchev–Trinajstić information content (AvgIpc) is 3.61. The molecule has 2 atom stereocenters. The molecule has 0 aromatic heterocycles. The van der Waals surface area contributed by atoms with E-state index < -0.39 is 26.5 Å². The lowest BCUT2D eigenvalue weighted by molar-refractivity contribution is -0.870. The van der Waals surface area contributed by atoms with Crippen LogP contribution < -0.4 is 4.89 Å². The molecule has 0 amide bonds. The molecule has 84 heavy (non-hydrogen) atoms. The Labute approximate surface area is 521 Å². The molecule has 0 saturated heterocycles. The fourth-order valence-corrected chi connectivity index (χ4v) is 11.2. The summed E-state index contributed by atoms with van der Waals surface area (Å²) in [5, 5.41) is 0. The van der Waals surface area contributed by atoms with Crippen LogP contribution in [0.15, 0.2) is 60.8 Å². The fraction of sp³-hybridized carbons (Fsp3) is 0.838. The van der Waals surface area contributed by atoms with E-state index in [2.05, 4.69) is 74.6 Å². The van der Waals surface area contributed by atoms with Crippen LogP contribution in [-0.2, 0) is 32.7 Å². The molecular formula is C74H138NO8P. The van der Waals surface area contributed by atoms with E-state index in [1.807, 2.05) is 21.1 Å². The molecule has 10 heteroatoms. The van der Waals surface area contributed by atoms with Crippen LogP contribution in [0.4, 0.5) is 0 Å². The van der Waals surface area contributed by atoms with E-state index in [9.17, 15) is 19.0 Å². The highest BCUT2D eigenvalue weighted by atomic mass is 31.2. The maximum atomic E-state index is 12.8. The van der Waals surface area contributed by atoms with E-state index in [1.165, 1.54) is 238 Å². The van der Waals surface area contributed by atoms with Crippen molar-refractivity contribution in [3.8, 4) is 0 Å². The van der Waals surface area contributed by atoms with Gasteiger partial charge in [-0.25, -0.2) is 0 Å². The summed E-state index contributed by atoms with van der Waals surface area (Å²) >= 11 is 0. The maximum absolute atomic E-state index is 12.8. The smallest absolute Gasteiger partial charge is 0.306 e. The number of phosphoric acid groups is 1. The largest absolute Gasteiger partial charge is 0.756 e. The van der Waals surface area contributed by atoms with Crippen molar-refractivity contribution in [2.75, 3.05) is 47.5 Å². The van der Waals surface area contributed by atoms with Crippen LogP contribution in [0.2, 0.25) is 0 Å². The number of unbranched alkanes of at least 4 members (excludes halogenated alkanes) is 43. The van der Waals surface area contributed by atoms with Crippen molar-refractivity contribution in [2.24, 2.45) is 0 Å². The summed E-state index contributed by atoms with van der Waals surface area (Å²) in [5.41, 5.74) is 0. The number of phosphoric ester groups is 1. The molecule has 0 spiro atoms. The summed E-state index contributed by atoms with van der Waals surface area (Å²) in [5.74, 6) is -0.834. The molecule has 0 N–H and O–H groups in total. The molecule has 9 nitrogen and oxygen atoms in total. The molecule has 0 fully saturated rings. The van der Waals surface area contributed by atoms with Gasteiger partial charge in [-0.2, -0.15) is 0 Å². The van der Waals surface area contributed by atoms with E-state index >= 15 is 0 Å². The number of quaternary nitrogens is 1. The lowest BCUT2D eigenvalue weighted by Crippen LogP contribution is -2.37. The maximum Gasteiger partial charge on any atom is 0.306 e. The van der Waals surface area contributed by atoms with Gasteiger partial charge in [0.05, 0.1) is 27.7 Å². The Hall–Kier alpha value is -2.29. The molecule has 0 heterocycles. The van der Waals surface area contributed by atoms with Crippen molar-refractivity contribution in [2.45, 2.75) is 354 Å². The van der Waals surface area contributed by atoms with Crippen molar-refractivity contribution in [1.29, 1.82) is 0 Å². The van der Waals surface area contributed by atoms with Gasteiger partial charge in [-0.3, -0.25) is 14.2 Å². The number of carbonyl (C=O) groups excluding carboxylic acids is 2. The monoisotopic (exact) mass is 1200 g/mol. The van der Waals surface area contributed by atoms with E-state index in [0.29, 0.717) is 17.4 Å². The van der Waals surface area contributed by atoms with Crippen molar-refractivity contribution in [3.63, 3.8) is 0 Å². The zero-order valence-electron chi connectivity index (χ0n) is 56.1. The third-order valence-corrected chi connectivity index (χ3v) is 17.0. The number of esters is 2. The zero-order chi connectivity index (χ0) is 61.2. The Kier molecular flexibility index (Phi) is 63.4. The number of ether oxygens (including phenoxy) is 2. The SMILES string of the molecule is CCCCCCC/C=C\C/C=C\C/C=C\CCCCCCCCC(=O)OC(COC(=O)CCCCCCCCCCCCCCCCCCCCCCCCCCCCC/C=C\C/C=C\CCCCCCC)COP(=O)([O-])OCC[N+](C)(C)C. The van der Waals surface area contributed by atoms with Crippen LogP contribution in [-0.4, -0.2) is 70.0 Å². The predicted molar refractivity (Wildman–Crippen MR) is 360 cm³/mol. The molecule has 0 aromatic rings. The third-order valence-electron chi connectivity index (χ3n) is 16.0. The lowest BCUT2D eigenvalue weighted by atomic mass is 10.0. The fourth-order valence-electron chi connectivity index (χ4n) is 10.5. The molecule has 0 aliphatic heterocycles. The first-order valence-corrected chi connectivity index (χ1v) is 37.5. The van der Waals surface area contributed by atoms with Gasteiger partial charge in [-0.15, -0.1) is 0 Å². The first-order chi connectivity index (χ1) is 41.0. The van der Waals surface area contributed by atoms with Crippen LogP contribution in [0, 0.1) is 0 Å². The topological polar surface area (TPSA) is 111 Å². The van der Waals surface area contributed by atoms with Crippen molar-refractivity contribution < 1.29 is 42.1 Å². The average molecular weight is 1200 g/mol. The number of allylic oxidation sites excluding steroid dienone is 10. The van der Waals surface area contributed by atoms with Gasteiger partial charge in [0.2, 0.25) is 0 Å². The van der Waals surface area contributed by atoms with Crippen LogP contribution in [0.5, 0.6) is 0 Å². The minimum atomic E-state index is -4.64. The Morgan fingerprint density at radius 2 is 0.643 bits per heavy atom. The van der Waals surface area contributed by atoms with E-state index in [0.717, 1.165) is 77.0 Å². The molecule has 0 aliphatic rings. The summed E-state index contributed by atoms with van der Waals surface area (Å²) < 4.78 is 34.3. The number of hydrogen-bond acceptors (Lipinski definition) is 8. The van der Waals surface area contributed by atoms with Crippen LogP contribution in [0.3, 0.4) is 0 Å². The van der Waals surface area contributed by atoms with E-state index in [-0.39, 0.29) is 32.0 Å². The van der Waals surface area contributed by atoms with Gasteiger partial charge < -0.3 is 27.9 Å². The molecule has 0 rings (SSSR count). The van der Waals surface area contributed by atoms with E-state index in [4.69, 9.17) is 18.5 Å². The van der Waals surface area contributed by atoms with Gasteiger partial charge in [-0.1, -0.05) is 312 Å². The lowest BCUT2D eigenvalue weighted by Gasteiger charge is -2.28. The molecule has 0 saturated carbocycles. The Morgan fingerprint density at radius 1 is 0.369 bits per heavy atom. The number of likely N-dealkylation sites (N-methyl/N-ethyl adjacent to an activating group) is 1. The Balaban J connectivity index is 3.92. The molecule has 0 aliphatic carbocycles. The number of carbonyl (C=O) groups is 2. The summed E-state index contributed by atoms with van der Waals surface area (Å²) in [7, 11) is 1.17. The summed E-state index contributed by atoms with van der Waals surface area (Å²) in [6.07, 6.45) is 86.1. The third kappa shape index (κ3) is 68.8. The molecule has 0 aromatic carbocycles. The highest BCUT2D eigenvalue weighted by Gasteiger charge is 2.22. The molecule has 0 radical (unpaired) electrons. The minimum Gasteiger partial charge on any atom is -0.756 e. The van der Waals surface area contributed by atoms with Gasteiger partial charge >= 0.3 is 11.9 Å². The second kappa shape index (κ2) is 65.2. The predicted octanol–water partition coefficient (Wildman–Crippen LogP) is 22.8. The minimum absolute atomic E-state index is 0.0335.